The fourth-order valence-electron chi connectivity index (χ4n) is 2.86. The molecule has 1 aliphatic rings. The predicted molar refractivity (Wildman–Crippen MR) is 76.5 cm³/mol. The number of aliphatic carboxylic acids is 1. The average Bonchev–Trinajstić information content (AvgIpc) is 2.44. The maximum atomic E-state index is 12.2. The summed E-state index contributed by atoms with van der Waals surface area (Å²) in [5.41, 5.74) is 2.71. The molecule has 108 valence electrons. The van der Waals surface area contributed by atoms with Crippen molar-refractivity contribution in [1.82, 2.24) is 4.90 Å². The number of carbonyl (C=O) groups excluding carboxylic acids is 1. The van der Waals surface area contributed by atoms with Gasteiger partial charge in [-0.15, -0.1) is 0 Å². The number of hydrogen-bond donors (Lipinski definition) is 1. The van der Waals surface area contributed by atoms with Gasteiger partial charge in [0.15, 0.2) is 0 Å². The SMILES string of the molecule is CCN(CC(=O)O)C(=O)CC1CCc2ccccc2C1. The third-order valence-electron chi connectivity index (χ3n) is 3.97. The van der Waals surface area contributed by atoms with Crippen LogP contribution in [0.1, 0.15) is 30.9 Å². The number of hydrogen-bond acceptors (Lipinski definition) is 2. The van der Waals surface area contributed by atoms with Crippen molar-refractivity contribution >= 4 is 11.9 Å². The molecule has 0 aromatic heterocycles. The lowest BCUT2D eigenvalue weighted by molar-refractivity contribution is -0.144. The molecule has 4 nitrogen and oxygen atoms in total. The number of benzene rings is 1. The van der Waals surface area contributed by atoms with Gasteiger partial charge in [0.05, 0.1) is 0 Å². The largest absolute Gasteiger partial charge is 0.480 e. The van der Waals surface area contributed by atoms with Gasteiger partial charge >= 0.3 is 5.97 Å². The summed E-state index contributed by atoms with van der Waals surface area (Å²) in [4.78, 5) is 24.3. The molecule has 4 heteroatoms. The summed E-state index contributed by atoms with van der Waals surface area (Å²) in [7, 11) is 0. The molecule has 1 aromatic rings. The highest BCUT2D eigenvalue weighted by Crippen LogP contribution is 2.27. The van der Waals surface area contributed by atoms with E-state index in [1.807, 2.05) is 13.0 Å². The molecular formula is C16H21NO3. The minimum absolute atomic E-state index is 0.0423. The Morgan fingerprint density at radius 2 is 2.00 bits per heavy atom. The van der Waals surface area contributed by atoms with E-state index in [2.05, 4.69) is 18.2 Å². The number of fused-ring (bicyclic) bond motifs is 1. The lowest BCUT2D eigenvalue weighted by Crippen LogP contribution is -2.37. The van der Waals surface area contributed by atoms with Gasteiger partial charge < -0.3 is 10.0 Å². The summed E-state index contributed by atoms with van der Waals surface area (Å²) in [5, 5.41) is 8.81. The molecule has 0 spiro atoms. The molecule has 0 aliphatic heterocycles. The Labute approximate surface area is 119 Å². The molecule has 0 heterocycles. The van der Waals surface area contributed by atoms with Crippen LogP contribution in [0.25, 0.3) is 0 Å². The summed E-state index contributed by atoms with van der Waals surface area (Å²) >= 11 is 0. The van der Waals surface area contributed by atoms with Crippen LogP contribution in [0.15, 0.2) is 24.3 Å². The molecule has 0 bridgehead atoms. The highest BCUT2D eigenvalue weighted by Gasteiger charge is 2.23. The van der Waals surface area contributed by atoms with E-state index in [1.165, 1.54) is 16.0 Å². The lowest BCUT2D eigenvalue weighted by atomic mass is 9.82. The number of amides is 1. The standard InChI is InChI=1S/C16H21NO3/c1-2-17(11-16(19)20)15(18)10-12-7-8-13-5-3-4-6-14(13)9-12/h3-6,12H,2,7-11H2,1H3,(H,19,20). The van der Waals surface area contributed by atoms with Crippen molar-refractivity contribution in [2.24, 2.45) is 5.92 Å². The minimum Gasteiger partial charge on any atom is -0.480 e. The maximum Gasteiger partial charge on any atom is 0.323 e. The summed E-state index contributed by atoms with van der Waals surface area (Å²) < 4.78 is 0. The molecular weight excluding hydrogens is 254 g/mol. The van der Waals surface area contributed by atoms with Crippen LogP contribution in [0.2, 0.25) is 0 Å². The molecule has 20 heavy (non-hydrogen) atoms. The van der Waals surface area contributed by atoms with E-state index in [9.17, 15) is 9.59 Å². The molecule has 0 fully saturated rings. The van der Waals surface area contributed by atoms with E-state index >= 15 is 0 Å². The van der Waals surface area contributed by atoms with Crippen molar-refractivity contribution in [3.05, 3.63) is 35.4 Å². The normalized spacial score (nSPS) is 17.4. The smallest absolute Gasteiger partial charge is 0.323 e. The van der Waals surface area contributed by atoms with Gasteiger partial charge in [0.2, 0.25) is 5.91 Å². The van der Waals surface area contributed by atoms with E-state index in [0.29, 0.717) is 18.9 Å². The Bertz CT molecular complexity index is 498. The Balaban J connectivity index is 1.94. The summed E-state index contributed by atoms with van der Waals surface area (Å²) in [6.07, 6.45) is 3.40. The first-order chi connectivity index (χ1) is 9.60. The highest BCUT2D eigenvalue weighted by molar-refractivity contribution is 5.81. The summed E-state index contributed by atoms with van der Waals surface area (Å²) in [5.74, 6) is -0.659. The molecule has 0 saturated carbocycles. The van der Waals surface area contributed by atoms with E-state index in [-0.39, 0.29) is 12.5 Å². The number of carbonyl (C=O) groups is 2. The monoisotopic (exact) mass is 275 g/mol. The second-order valence-corrected chi connectivity index (χ2v) is 5.38. The van der Waals surface area contributed by atoms with Crippen LogP contribution < -0.4 is 0 Å². The fourth-order valence-corrected chi connectivity index (χ4v) is 2.86. The fraction of sp³-hybridized carbons (Fsp3) is 0.500. The number of carboxylic acid groups (broad SMARTS) is 1. The molecule has 1 atom stereocenters. The van der Waals surface area contributed by atoms with Crippen molar-refractivity contribution in [1.29, 1.82) is 0 Å². The average molecular weight is 275 g/mol. The zero-order chi connectivity index (χ0) is 14.5. The Morgan fingerprint density at radius 1 is 1.30 bits per heavy atom. The van der Waals surface area contributed by atoms with E-state index in [4.69, 9.17) is 5.11 Å². The van der Waals surface area contributed by atoms with Gasteiger partial charge in [-0.2, -0.15) is 0 Å². The zero-order valence-electron chi connectivity index (χ0n) is 11.8. The van der Waals surface area contributed by atoms with Crippen LogP contribution in [0.3, 0.4) is 0 Å². The third-order valence-corrected chi connectivity index (χ3v) is 3.97. The molecule has 1 aliphatic carbocycles. The van der Waals surface area contributed by atoms with Crippen molar-refractivity contribution in [2.45, 2.75) is 32.6 Å². The highest BCUT2D eigenvalue weighted by atomic mass is 16.4. The van der Waals surface area contributed by atoms with Gasteiger partial charge in [0, 0.05) is 13.0 Å². The Hall–Kier alpha value is -1.84. The van der Waals surface area contributed by atoms with Gasteiger partial charge in [-0.25, -0.2) is 0 Å². The van der Waals surface area contributed by atoms with Gasteiger partial charge in [-0.05, 0) is 43.2 Å². The summed E-state index contributed by atoms with van der Waals surface area (Å²) in [6, 6.07) is 8.36. The number of rotatable bonds is 5. The van der Waals surface area contributed by atoms with Crippen LogP contribution >= 0.6 is 0 Å². The predicted octanol–water partition coefficient (Wildman–Crippen LogP) is 2.11. The second-order valence-electron chi connectivity index (χ2n) is 5.38. The van der Waals surface area contributed by atoms with Crippen molar-refractivity contribution in [3.8, 4) is 0 Å². The van der Waals surface area contributed by atoms with Gasteiger partial charge in [-0.1, -0.05) is 24.3 Å². The zero-order valence-corrected chi connectivity index (χ0v) is 11.8. The number of nitrogens with zero attached hydrogens (tertiary/aromatic N) is 1. The number of aryl methyl sites for hydroxylation is 1. The first-order valence-electron chi connectivity index (χ1n) is 7.16. The van der Waals surface area contributed by atoms with Crippen LogP contribution in [-0.4, -0.2) is 35.0 Å². The Kier molecular flexibility index (Phi) is 4.77. The molecule has 1 N–H and O–H groups in total. The van der Waals surface area contributed by atoms with Crippen molar-refractivity contribution < 1.29 is 14.7 Å². The van der Waals surface area contributed by atoms with E-state index in [1.54, 1.807) is 0 Å². The van der Waals surface area contributed by atoms with Gasteiger partial charge in [0.25, 0.3) is 0 Å². The first-order valence-corrected chi connectivity index (χ1v) is 7.16. The molecule has 0 saturated heterocycles. The Morgan fingerprint density at radius 3 is 2.65 bits per heavy atom. The van der Waals surface area contributed by atoms with Crippen LogP contribution in [-0.2, 0) is 22.4 Å². The third kappa shape index (κ3) is 3.59. The molecule has 1 unspecified atom stereocenters. The van der Waals surface area contributed by atoms with Gasteiger partial charge in [-0.3, -0.25) is 9.59 Å². The van der Waals surface area contributed by atoms with E-state index < -0.39 is 5.97 Å². The number of likely N-dealkylation sites (N-methyl/N-ethyl adjacent to an activating group) is 1. The number of carboxylic acids is 1. The summed E-state index contributed by atoms with van der Waals surface area (Å²) in [6.45, 7) is 2.07. The van der Waals surface area contributed by atoms with Gasteiger partial charge in [0.1, 0.15) is 6.54 Å². The van der Waals surface area contributed by atoms with Crippen molar-refractivity contribution in [3.63, 3.8) is 0 Å². The molecule has 2 rings (SSSR count). The van der Waals surface area contributed by atoms with Crippen LogP contribution in [0.5, 0.6) is 0 Å². The topological polar surface area (TPSA) is 57.6 Å². The molecule has 0 radical (unpaired) electrons. The molecule has 1 amide bonds. The lowest BCUT2D eigenvalue weighted by Gasteiger charge is -2.26. The second kappa shape index (κ2) is 6.55. The van der Waals surface area contributed by atoms with Crippen LogP contribution in [0, 0.1) is 5.92 Å². The molecule has 1 aromatic carbocycles. The van der Waals surface area contributed by atoms with Crippen LogP contribution in [0.4, 0.5) is 0 Å². The first kappa shape index (κ1) is 14.6. The van der Waals surface area contributed by atoms with Crippen molar-refractivity contribution in [2.75, 3.05) is 13.1 Å². The minimum atomic E-state index is -0.950. The maximum absolute atomic E-state index is 12.2. The quantitative estimate of drug-likeness (QED) is 0.895. The van der Waals surface area contributed by atoms with E-state index in [0.717, 1.165) is 19.3 Å².